The number of rotatable bonds is 4. The number of hydrogen-bond acceptors (Lipinski definition) is 2. The number of fused-ring (bicyclic) bond motifs is 1. The summed E-state index contributed by atoms with van der Waals surface area (Å²) < 4.78 is 12.9. The molecule has 0 atom stereocenters. The zero-order valence-electron chi connectivity index (χ0n) is 11.6. The Hall–Kier alpha value is -1.75. The van der Waals surface area contributed by atoms with E-state index in [1.807, 2.05) is 6.07 Å². The molecule has 0 aliphatic carbocycles. The molecule has 1 aromatic heterocycles. The minimum absolute atomic E-state index is 0.242. The Morgan fingerprint density at radius 3 is 2.55 bits per heavy atom. The fourth-order valence-electron chi connectivity index (χ4n) is 2.40. The van der Waals surface area contributed by atoms with E-state index in [1.165, 1.54) is 12.1 Å². The van der Waals surface area contributed by atoms with E-state index in [0.717, 1.165) is 22.0 Å². The number of nitrogens with one attached hydrogen (secondary N) is 2. The van der Waals surface area contributed by atoms with E-state index in [9.17, 15) is 4.39 Å². The van der Waals surface area contributed by atoms with Crippen LogP contribution in [0.3, 0.4) is 0 Å². The van der Waals surface area contributed by atoms with Crippen LogP contribution in [0.2, 0.25) is 10.0 Å². The number of nitrogens with two attached hydrogens (primary N) is 1. The molecule has 0 fully saturated rings. The monoisotopic (exact) mass is 337 g/mol. The predicted molar refractivity (Wildman–Crippen MR) is 89.7 cm³/mol. The van der Waals surface area contributed by atoms with E-state index < -0.39 is 0 Å². The minimum Gasteiger partial charge on any atom is -0.397 e. The Balaban J connectivity index is 1.76. The third-order valence-electron chi connectivity index (χ3n) is 3.54. The number of anilines is 1. The fourth-order valence-corrected chi connectivity index (χ4v) is 3.03. The Kier molecular flexibility index (Phi) is 4.25. The van der Waals surface area contributed by atoms with Crippen molar-refractivity contribution in [3.8, 4) is 0 Å². The Morgan fingerprint density at radius 1 is 1.09 bits per heavy atom. The first kappa shape index (κ1) is 15.2. The summed E-state index contributed by atoms with van der Waals surface area (Å²) in [6, 6.07) is 8.18. The van der Waals surface area contributed by atoms with Crippen LogP contribution in [0.5, 0.6) is 0 Å². The van der Waals surface area contributed by atoms with E-state index in [1.54, 1.807) is 18.3 Å². The van der Waals surface area contributed by atoms with Crippen molar-refractivity contribution >= 4 is 39.8 Å². The number of benzene rings is 2. The molecule has 0 aliphatic heterocycles. The Morgan fingerprint density at radius 2 is 1.82 bits per heavy atom. The van der Waals surface area contributed by atoms with Gasteiger partial charge in [0.1, 0.15) is 5.82 Å². The smallest absolute Gasteiger partial charge is 0.123 e. The van der Waals surface area contributed by atoms with Gasteiger partial charge in [-0.25, -0.2) is 4.39 Å². The van der Waals surface area contributed by atoms with Crippen LogP contribution in [-0.2, 0) is 13.1 Å². The van der Waals surface area contributed by atoms with E-state index in [-0.39, 0.29) is 5.82 Å². The summed E-state index contributed by atoms with van der Waals surface area (Å²) in [5, 5.41) is 5.13. The lowest BCUT2D eigenvalue weighted by molar-refractivity contribution is 0.625. The zero-order valence-corrected chi connectivity index (χ0v) is 13.1. The molecule has 22 heavy (non-hydrogen) atoms. The third-order valence-corrected chi connectivity index (χ3v) is 4.14. The largest absolute Gasteiger partial charge is 0.397 e. The van der Waals surface area contributed by atoms with Gasteiger partial charge in [0.15, 0.2) is 0 Å². The summed E-state index contributed by atoms with van der Waals surface area (Å²) in [5.74, 6) is -0.242. The van der Waals surface area contributed by atoms with Crippen LogP contribution in [0.4, 0.5) is 10.1 Å². The highest BCUT2D eigenvalue weighted by atomic mass is 35.5. The molecule has 3 nitrogen and oxygen atoms in total. The molecule has 0 aliphatic rings. The first-order valence-electron chi connectivity index (χ1n) is 6.75. The molecule has 0 unspecified atom stereocenters. The summed E-state index contributed by atoms with van der Waals surface area (Å²) in [5.41, 5.74) is 9.41. The molecular weight excluding hydrogens is 324 g/mol. The van der Waals surface area contributed by atoms with E-state index in [4.69, 9.17) is 28.9 Å². The first-order chi connectivity index (χ1) is 10.6. The van der Waals surface area contributed by atoms with Crippen LogP contribution in [0.25, 0.3) is 10.9 Å². The van der Waals surface area contributed by atoms with Crippen LogP contribution in [0, 0.1) is 5.82 Å². The van der Waals surface area contributed by atoms with Crippen molar-refractivity contribution in [3.63, 3.8) is 0 Å². The van der Waals surface area contributed by atoms with Crippen molar-refractivity contribution in [1.82, 2.24) is 10.3 Å². The summed E-state index contributed by atoms with van der Waals surface area (Å²) in [6.07, 6.45) is 1.67. The number of H-pyrrole nitrogens is 1. The van der Waals surface area contributed by atoms with Crippen molar-refractivity contribution < 1.29 is 4.39 Å². The van der Waals surface area contributed by atoms with E-state index in [0.29, 0.717) is 28.8 Å². The van der Waals surface area contributed by atoms with Gasteiger partial charge in [-0.15, -0.1) is 0 Å². The van der Waals surface area contributed by atoms with Crippen molar-refractivity contribution in [2.75, 3.05) is 5.73 Å². The topological polar surface area (TPSA) is 53.8 Å². The quantitative estimate of drug-likeness (QED) is 0.614. The van der Waals surface area contributed by atoms with Gasteiger partial charge in [-0.05, 0) is 29.3 Å². The number of aromatic nitrogens is 1. The number of halogens is 3. The van der Waals surface area contributed by atoms with Gasteiger partial charge >= 0.3 is 0 Å². The first-order valence-corrected chi connectivity index (χ1v) is 7.50. The van der Waals surface area contributed by atoms with Crippen LogP contribution in [-0.4, -0.2) is 4.98 Å². The molecule has 114 valence electrons. The van der Waals surface area contributed by atoms with Crippen molar-refractivity contribution in [2.24, 2.45) is 0 Å². The molecule has 0 amide bonds. The summed E-state index contributed by atoms with van der Waals surface area (Å²) in [6.45, 7) is 1.16. The average molecular weight is 338 g/mol. The molecule has 1 heterocycles. The van der Waals surface area contributed by atoms with Gasteiger partial charge < -0.3 is 16.0 Å². The highest BCUT2D eigenvalue weighted by Gasteiger charge is 2.13. The highest BCUT2D eigenvalue weighted by Crippen LogP contribution is 2.35. The molecular formula is C16H14Cl2FN3. The maximum Gasteiger partial charge on any atom is 0.123 e. The van der Waals surface area contributed by atoms with Crippen LogP contribution in [0.1, 0.15) is 11.1 Å². The van der Waals surface area contributed by atoms with E-state index in [2.05, 4.69) is 10.3 Å². The van der Waals surface area contributed by atoms with Gasteiger partial charge in [-0.2, -0.15) is 0 Å². The third kappa shape index (κ3) is 2.90. The standard InChI is InChI=1S/C16H14Cl2FN3/c17-12-5-10(15(20)16-14(12)13(18)8-22-16)7-21-6-9-1-3-11(19)4-2-9/h1-5,8,21-22H,6-7,20H2. The second kappa shape index (κ2) is 6.16. The Labute approximate surface area is 137 Å². The van der Waals surface area contributed by atoms with Crippen LogP contribution < -0.4 is 11.1 Å². The van der Waals surface area contributed by atoms with Gasteiger partial charge in [0.25, 0.3) is 0 Å². The summed E-state index contributed by atoms with van der Waals surface area (Å²) in [7, 11) is 0. The van der Waals surface area contributed by atoms with Crippen molar-refractivity contribution in [3.05, 3.63) is 63.5 Å². The second-order valence-electron chi connectivity index (χ2n) is 5.05. The molecule has 3 aromatic rings. The fraction of sp³-hybridized carbons (Fsp3) is 0.125. The molecule has 0 saturated heterocycles. The number of aromatic amines is 1. The van der Waals surface area contributed by atoms with Gasteiger partial charge in [0.2, 0.25) is 0 Å². The zero-order chi connectivity index (χ0) is 15.7. The van der Waals surface area contributed by atoms with E-state index >= 15 is 0 Å². The van der Waals surface area contributed by atoms with Gasteiger partial charge in [-0.1, -0.05) is 35.3 Å². The molecule has 0 spiro atoms. The Bertz CT molecular complexity index is 812. The lowest BCUT2D eigenvalue weighted by atomic mass is 10.1. The summed E-state index contributed by atoms with van der Waals surface area (Å²) >= 11 is 12.3. The molecule has 2 aromatic carbocycles. The lowest BCUT2D eigenvalue weighted by Gasteiger charge is -2.10. The SMILES string of the molecule is Nc1c(CNCc2ccc(F)cc2)cc(Cl)c2c(Cl)c[nH]c12. The normalized spacial score (nSPS) is 11.2. The molecule has 0 bridgehead atoms. The van der Waals surface area contributed by atoms with Crippen molar-refractivity contribution in [1.29, 1.82) is 0 Å². The number of nitrogen functional groups attached to an aromatic ring is 1. The van der Waals surface area contributed by atoms with Crippen LogP contribution >= 0.6 is 23.2 Å². The van der Waals surface area contributed by atoms with Gasteiger partial charge in [0, 0.05) is 24.7 Å². The van der Waals surface area contributed by atoms with Gasteiger partial charge in [0.05, 0.1) is 21.2 Å². The van der Waals surface area contributed by atoms with Crippen LogP contribution in [0.15, 0.2) is 36.5 Å². The summed E-state index contributed by atoms with van der Waals surface area (Å²) in [4.78, 5) is 3.04. The second-order valence-corrected chi connectivity index (χ2v) is 5.86. The molecule has 0 saturated carbocycles. The predicted octanol–water partition coefficient (Wildman–Crippen LogP) is 4.49. The maximum absolute atomic E-state index is 12.9. The molecule has 6 heteroatoms. The number of hydrogen-bond donors (Lipinski definition) is 3. The molecule has 0 radical (unpaired) electrons. The van der Waals surface area contributed by atoms with Crippen molar-refractivity contribution in [2.45, 2.75) is 13.1 Å². The molecule has 3 rings (SSSR count). The highest BCUT2D eigenvalue weighted by molar-refractivity contribution is 6.42. The minimum atomic E-state index is -0.242. The average Bonchev–Trinajstić information content (AvgIpc) is 2.89. The maximum atomic E-state index is 12.9. The van der Waals surface area contributed by atoms with Gasteiger partial charge in [-0.3, -0.25) is 0 Å². The molecule has 4 N–H and O–H groups in total. The lowest BCUT2D eigenvalue weighted by Crippen LogP contribution is -2.14.